The van der Waals surface area contributed by atoms with E-state index in [4.69, 9.17) is 0 Å². The molecule has 1 aliphatic heterocycles. The van der Waals surface area contributed by atoms with Crippen LogP contribution in [0.2, 0.25) is 0 Å². The zero-order valence-electron chi connectivity index (χ0n) is 18.2. The number of carboxylic acid groups (broad SMARTS) is 1. The summed E-state index contributed by atoms with van der Waals surface area (Å²) in [4.78, 5) is 39.3. The average molecular weight is 436 g/mol. The third-order valence-corrected chi connectivity index (χ3v) is 6.51. The molecule has 2 atom stereocenters. The fraction of sp³-hybridized carbons (Fsp3) is 0.400. The SMILES string of the molecule is CCc1ccc(C2CC(C(=O)Nc3ccccc3)CN(C(=O)C3(NC(=O)O)CC3)C2)cc1. The first-order chi connectivity index (χ1) is 15.4. The predicted molar refractivity (Wildman–Crippen MR) is 121 cm³/mol. The Morgan fingerprint density at radius 1 is 1.03 bits per heavy atom. The van der Waals surface area contributed by atoms with Crippen LogP contribution in [-0.2, 0) is 16.0 Å². The van der Waals surface area contributed by atoms with Crippen molar-refractivity contribution in [2.45, 2.75) is 44.1 Å². The maximum Gasteiger partial charge on any atom is 0.405 e. The van der Waals surface area contributed by atoms with Crippen molar-refractivity contribution in [1.82, 2.24) is 10.2 Å². The number of nitrogens with zero attached hydrogens (tertiary/aromatic N) is 1. The molecule has 32 heavy (non-hydrogen) atoms. The van der Waals surface area contributed by atoms with Gasteiger partial charge in [-0.25, -0.2) is 4.79 Å². The number of aryl methyl sites for hydroxylation is 1. The maximum absolute atomic E-state index is 13.3. The molecule has 3 N–H and O–H groups in total. The van der Waals surface area contributed by atoms with E-state index in [1.807, 2.05) is 30.3 Å². The minimum Gasteiger partial charge on any atom is -0.465 e. The number of amides is 3. The van der Waals surface area contributed by atoms with E-state index in [1.54, 1.807) is 4.90 Å². The number of likely N-dealkylation sites (tertiary alicyclic amines) is 1. The molecule has 2 aromatic rings. The van der Waals surface area contributed by atoms with E-state index in [-0.39, 0.29) is 30.2 Å². The van der Waals surface area contributed by atoms with Gasteiger partial charge in [-0.3, -0.25) is 9.59 Å². The van der Waals surface area contributed by atoms with Crippen LogP contribution >= 0.6 is 0 Å². The Hall–Kier alpha value is -3.35. The van der Waals surface area contributed by atoms with Gasteiger partial charge in [0.15, 0.2) is 0 Å². The van der Waals surface area contributed by atoms with E-state index in [0.717, 1.165) is 17.7 Å². The number of anilines is 1. The van der Waals surface area contributed by atoms with Crippen LogP contribution in [0.15, 0.2) is 54.6 Å². The van der Waals surface area contributed by atoms with Gasteiger partial charge in [0, 0.05) is 24.7 Å². The molecule has 7 heteroatoms. The van der Waals surface area contributed by atoms with Crippen LogP contribution in [0.3, 0.4) is 0 Å². The van der Waals surface area contributed by atoms with E-state index >= 15 is 0 Å². The highest BCUT2D eigenvalue weighted by Crippen LogP contribution is 2.40. The second kappa shape index (κ2) is 9.02. The summed E-state index contributed by atoms with van der Waals surface area (Å²) < 4.78 is 0. The smallest absolute Gasteiger partial charge is 0.405 e. The topological polar surface area (TPSA) is 98.7 Å². The lowest BCUT2D eigenvalue weighted by Gasteiger charge is -2.39. The van der Waals surface area contributed by atoms with Crippen molar-refractivity contribution in [2.75, 3.05) is 18.4 Å². The molecule has 0 spiro atoms. The maximum atomic E-state index is 13.3. The summed E-state index contributed by atoms with van der Waals surface area (Å²) >= 11 is 0. The Morgan fingerprint density at radius 3 is 2.31 bits per heavy atom. The van der Waals surface area contributed by atoms with Gasteiger partial charge in [-0.15, -0.1) is 0 Å². The summed E-state index contributed by atoms with van der Waals surface area (Å²) in [7, 11) is 0. The first-order valence-corrected chi connectivity index (χ1v) is 11.2. The first kappa shape index (κ1) is 21.9. The van der Waals surface area contributed by atoms with Crippen LogP contribution in [0, 0.1) is 5.92 Å². The number of carbonyl (C=O) groups excluding carboxylic acids is 2. The van der Waals surface area contributed by atoms with Crippen LogP contribution in [0.4, 0.5) is 10.5 Å². The van der Waals surface area contributed by atoms with Gasteiger partial charge < -0.3 is 20.6 Å². The highest BCUT2D eigenvalue weighted by molar-refractivity contribution is 5.95. The molecular weight excluding hydrogens is 406 g/mol. The molecule has 1 heterocycles. The summed E-state index contributed by atoms with van der Waals surface area (Å²) in [5.74, 6) is -0.734. The molecule has 2 fully saturated rings. The highest BCUT2D eigenvalue weighted by atomic mass is 16.4. The van der Waals surface area contributed by atoms with Gasteiger partial charge in [0.1, 0.15) is 5.54 Å². The number of hydrogen-bond acceptors (Lipinski definition) is 3. The molecule has 1 saturated carbocycles. The minimum atomic E-state index is -1.20. The Labute approximate surface area is 187 Å². The fourth-order valence-electron chi connectivity index (χ4n) is 4.51. The number of nitrogens with one attached hydrogen (secondary N) is 2. The van der Waals surface area contributed by atoms with Crippen molar-refractivity contribution < 1.29 is 19.5 Å². The molecule has 168 valence electrons. The lowest BCUT2D eigenvalue weighted by atomic mass is 9.83. The van der Waals surface area contributed by atoms with E-state index in [2.05, 4.69) is 41.8 Å². The largest absolute Gasteiger partial charge is 0.465 e. The number of piperidine rings is 1. The fourth-order valence-corrected chi connectivity index (χ4v) is 4.51. The van der Waals surface area contributed by atoms with Gasteiger partial charge in [0.05, 0.1) is 5.92 Å². The van der Waals surface area contributed by atoms with E-state index in [0.29, 0.717) is 25.8 Å². The van der Waals surface area contributed by atoms with E-state index in [1.165, 1.54) is 5.56 Å². The van der Waals surface area contributed by atoms with Gasteiger partial charge in [-0.1, -0.05) is 49.4 Å². The van der Waals surface area contributed by atoms with Gasteiger partial charge in [-0.2, -0.15) is 0 Å². The van der Waals surface area contributed by atoms with Crippen molar-refractivity contribution in [2.24, 2.45) is 5.92 Å². The van der Waals surface area contributed by atoms with Crippen LogP contribution in [0.5, 0.6) is 0 Å². The molecule has 1 saturated heterocycles. The number of benzene rings is 2. The predicted octanol–water partition coefficient (Wildman–Crippen LogP) is 3.62. The lowest BCUT2D eigenvalue weighted by molar-refractivity contribution is -0.138. The Bertz CT molecular complexity index is 986. The monoisotopic (exact) mass is 435 g/mol. The van der Waals surface area contributed by atoms with Crippen LogP contribution < -0.4 is 10.6 Å². The summed E-state index contributed by atoms with van der Waals surface area (Å²) in [6.45, 7) is 2.86. The Morgan fingerprint density at radius 2 is 1.72 bits per heavy atom. The average Bonchev–Trinajstić information content (AvgIpc) is 3.58. The number of hydrogen-bond donors (Lipinski definition) is 3. The molecule has 2 aliphatic rings. The molecular formula is C25H29N3O4. The van der Waals surface area contributed by atoms with E-state index < -0.39 is 11.6 Å². The number of para-hydroxylation sites is 1. The molecule has 0 aromatic heterocycles. The third kappa shape index (κ3) is 4.77. The summed E-state index contributed by atoms with van der Waals surface area (Å²) in [6, 6.07) is 17.6. The van der Waals surface area contributed by atoms with Crippen LogP contribution in [-0.4, -0.2) is 46.5 Å². The molecule has 0 radical (unpaired) electrons. The van der Waals surface area contributed by atoms with Gasteiger partial charge in [-0.05, 0) is 48.9 Å². The molecule has 3 amide bonds. The molecule has 1 aliphatic carbocycles. The standard InChI is InChI=1S/C25H29N3O4/c1-2-17-8-10-18(11-9-17)19-14-20(22(29)26-21-6-4-3-5-7-21)16-28(15-19)23(30)25(12-13-25)27-24(31)32/h3-11,19-20,27H,2,12-16H2,1H3,(H,26,29)(H,31,32). The van der Waals surface area contributed by atoms with Crippen molar-refractivity contribution in [1.29, 1.82) is 0 Å². The minimum absolute atomic E-state index is 0.00533. The molecule has 7 nitrogen and oxygen atoms in total. The van der Waals surface area contributed by atoms with Gasteiger partial charge in [0.25, 0.3) is 0 Å². The molecule has 2 aromatic carbocycles. The number of rotatable bonds is 6. The quantitative estimate of drug-likeness (QED) is 0.645. The Balaban J connectivity index is 1.56. The van der Waals surface area contributed by atoms with Crippen molar-refractivity contribution in [3.05, 3.63) is 65.7 Å². The lowest BCUT2D eigenvalue weighted by Crippen LogP contribution is -2.55. The second-order valence-corrected chi connectivity index (χ2v) is 8.80. The molecule has 4 rings (SSSR count). The van der Waals surface area contributed by atoms with Crippen molar-refractivity contribution in [3.8, 4) is 0 Å². The van der Waals surface area contributed by atoms with E-state index in [9.17, 15) is 19.5 Å². The second-order valence-electron chi connectivity index (χ2n) is 8.80. The van der Waals surface area contributed by atoms with Crippen LogP contribution in [0.1, 0.15) is 43.2 Å². The van der Waals surface area contributed by atoms with Crippen LogP contribution in [0.25, 0.3) is 0 Å². The summed E-state index contributed by atoms with van der Waals surface area (Å²) in [5, 5.41) is 14.5. The highest BCUT2D eigenvalue weighted by Gasteiger charge is 2.54. The molecule has 0 bridgehead atoms. The van der Waals surface area contributed by atoms with Gasteiger partial charge in [0.2, 0.25) is 11.8 Å². The summed E-state index contributed by atoms with van der Waals surface area (Å²) in [5.41, 5.74) is 2.00. The zero-order chi connectivity index (χ0) is 22.7. The number of carbonyl (C=O) groups is 3. The van der Waals surface area contributed by atoms with Crippen molar-refractivity contribution in [3.63, 3.8) is 0 Å². The normalized spacial score (nSPS) is 21.5. The zero-order valence-corrected chi connectivity index (χ0v) is 18.2. The first-order valence-electron chi connectivity index (χ1n) is 11.2. The van der Waals surface area contributed by atoms with Gasteiger partial charge >= 0.3 is 6.09 Å². The third-order valence-electron chi connectivity index (χ3n) is 6.51. The van der Waals surface area contributed by atoms with Crippen molar-refractivity contribution >= 4 is 23.6 Å². The Kier molecular flexibility index (Phi) is 6.17. The molecule has 2 unspecified atom stereocenters. The summed E-state index contributed by atoms with van der Waals surface area (Å²) in [6.07, 6.45) is 1.36.